The van der Waals surface area contributed by atoms with Crippen LogP contribution in [0.5, 0.6) is 0 Å². The first-order valence-electron chi connectivity index (χ1n) is 8.96. The summed E-state index contributed by atoms with van der Waals surface area (Å²) in [5, 5.41) is 8.21. The van der Waals surface area contributed by atoms with E-state index in [2.05, 4.69) is 23.9 Å². The maximum Gasteiger partial charge on any atom is 0.274 e. The topological polar surface area (TPSA) is 50.2 Å². The highest BCUT2D eigenvalue weighted by molar-refractivity contribution is 5.94. The lowest BCUT2D eigenvalue weighted by atomic mass is 9.91. The molecule has 126 valence electrons. The summed E-state index contributed by atoms with van der Waals surface area (Å²) < 4.78 is 1.99. The normalized spacial score (nSPS) is 21.1. The molecule has 0 saturated carbocycles. The molecule has 0 bridgehead atoms. The summed E-state index contributed by atoms with van der Waals surface area (Å²) in [6, 6.07) is 0.460. The third-order valence-electron chi connectivity index (χ3n) is 4.99. The van der Waals surface area contributed by atoms with Gasteiger partial charge in [0, 0.05) is 30.4 Å². The van der Waals surface area contributed by atoms with E-state index in [1.54, 1.807) is 0 Å². The van der Waals surface area contributed by atoms with Gasteiger partial charge in [0.15, 0.2) is 5.69 Å². The molecule has 0 unspecified atom stereocenters. The minimum atomic E-state index is 0.126. The first-order chi connectivity index (χ1) is 11.2. The second kappa shape index (κ2) is 7.30. The predicted octanol–water partition coefficient (Wildman–Crippen LogP) is 2.16. The maximum absolute atomic E-state index is 13.0. The first kappa shape index (κ1) is 16.2. The minimum absolute atomic E-state index is 0.126. The zero-order valence-electron chi connectivity index (χ0n) is 14.2. The molecular formula is C18H28N4O. The van der Waals surface area contributed by atoms with Crippen molar-refractivity contribution in [1.29, 1.82) is 0 Å². The summed E-state index contributed by atoms with van der Waals surface area (Å²) in [7, 11) is 0. The number of nitrogens with zero attached hydrogens (tertiary/aromatic N) is 3. The van der Waals surface area contributed by atoms with E-state index in [-0.39, 0.29) is 5.91 Å². The fraction of sp³-hybridized carbons (Fsp3) is 0.667. The van der Waals surface area contributed by atoms with Crippen LogP contribution in [-0.2, 0) is 19.4 Å². The van der Waals surface area contributed by atoms with Gasteiger partial charge in [-0.2, -0.15) is 5.10 Å². The van der Waals surface area contributed by atoms with Gasteiger partial charge in [0.25, 0.3) is 5.91 Å². The summed E-state index contributed by atoms with van der Waals surface area (Å²) in [5.74, 6) is 0.126. The summed E-state index contributed by atoms with van der Waals surface area (Å²) in [5.41, 5.74) is 3.09. The molecule has 1 saturated heterocycles. The lowest BCUT2D eigenvalue weighted by Gasteiger charge is -2.27. The van der Waals surface area contributed by atoms with Gasteiger partial charge in [-0.05, 0) is 45.1 Å². The molecule has 0 radical (unpaired) electrons. The molecule has 1 aromatic rings. The van der Waals surface area contributed by atoms with Crippen molar-refractivity contribution in [3.63, 3.8) is 0 Å². The molecule has 1 atom stereocenters. The average Bonchev–Trinajstić information content (AvgIpc) is 2.94. The molecule has 2 aliphatic rings. The van der Waals surface area contributed by atoms with Crippen molar-refractivity contribution in [2.75, 3.05) is 19.6 Å². The number of allylic oxidation sites excluding steroid dienone is 1. The standard InChI is InChI=1S/C18H28N4O/c1-3-10-22-16-9-8-14(19-4-2)13-15(16)17(20-22)18(23)21-11-6-5-7-12-21/h3,14,19H,1,4-13H2,2H3/t14-/m1/s1. The second-order valence-electron chi connectivity index (χ2n) is 6.59. The van der Waals surface area contributed by atoms with E-state index in [1.807, 2.05) is 15.7 Å². The van der Waals surface area contributed by atoms with Crippen LogP contribution in [0.1, 0.15) is 54.4 Å². The van der Waals surface area contributed by atoms with Crippen molar-refractivity contribution in [1.82, 2.24) is 20.0 Å². The van der Waals surface area contributed by atoms with E-state index in [1.165, 1.54) is 17.7 Å². The molecule has 0 aromatic carbocycles. The Kier molecular flexibility index (Phi) is 5.16. The Bertz CT molecular complexity index is 572. The van der Waals surface area contributed by atoms with Gasteiger partial charge in [-0.25, -0.2) is 0 Å². The number of amides is 1. The van der Waals surface area contributed by atoms with Crippen molar-refractivity contribution in [3.8, 4) is 0 Å². The van der Waals surface area contributed by atoms with Gasteiger partial charge in [-0.15, -0.1) is 6.58 Å². The summed E-state index contributed by atoms with van der Waals surface area (Å²) in [6.07, 6.45) is 8.33. The molecule has 1 aliphatic heterocycles. The Hall–Kier alpha value is -1.62. The molecule has 2 heterocycles. The number of piperidine rings is 1. The summed E-state index contributed by atoms with van der Waals surface area (Å²) >= 11 is 0. The number of likely N-dealkylation sites (tertiary alicyclic amines) is 1. The number of fused-ring (bicyclic) bond motifs is 1. The Morgan fingerprint density at radius 1 is 1.39 bits per heavy atom. The third-order valence-corrected chi connectivity index (χ3v) is 4.99. The molecule has 1 amide bonds. The van der Waals surface area contributed by atoms with Crippen LogP contribution >= 0.6 is 0 Å². The maximum atomic E-state index is 13.0. The van der Waals surface area contributed by atoms with Gasteiger partial charge in [0.1, 0.15) is 0 Å². The van der Waals surface area contributed by atoms with E-state index >= 15 is 0 Å². The molecule has 1 aliphatic carbocycles. The van der Waals surface area contributed by atoms with Crippen molar-refractivity contribution in [3.05, 3.63) is 29.6 Å². The van der Waals surface area contributed by atoms with E-state index < -0.39 is 0 Å². The highest BCUT2D eigenvalue weighted by atomic mass is 16.2. The number of aromatic nitrogens is 2. The highest BCUT2D eigenvalue weighted by Crippen LogP contribution is 2.26. The minimum Gasteiger partial charge on any atom is -0.337 e. The summed E-state index contributed by atoms with van der Waals surface area (Å²) in [4.78, 5) is 14.9. The molecule has 5 heteroatoms. The third kappa shape index (κ3) is 3.34. The smallest absolute Gasteiger partial charge is 0.274 e. The largest absolute Gasteiger partial charge is 0.337 e. The number of hydrogen-bond acceptors (Lipinski definition) is 3. The van der Waals surface area contributed by atoms with Gasteiger partial charge < -0.3 is 10.2 Å². The van der Waals surface area contributed by atoms with E-state index in [0.29, 0.717) is 18.3 Å². The number of likely N-dealkylation sites (N-methyl/N-ethyl adjacent to an activating group) is 1. The van der Waals surface area contributed by atoms with Crippen molar-refractivity contribution >= 4 is 5.91 Å². The molecule has 1 N–H and O–H groups in total. The number of nitrogens with one attached hydrogen (secondary N) is 1. The zero-order chi connectivity index (χ0) is 16.2. The molecule has 23 heavy (non-hydrogen) atoms. The quantitative estimate of drug-likeness (QED) is 0.847. The van der Waals surface area contributed by atoms with Crippen molar-refractivity contribution in [2.24, 2.45) is 0 Å². The SMILES string of the molecule is C=CCn1nc(C(=O)N2CCCCC2)c2c1CC[C@@H](NCC)C2. The lowest BCUT2D eigenvalue weighted by molar-refractivity contribution is 0.0716. The van der Waals surface area contributed by atoms with Crippen LogP contribution in [0.25, 0.3) is 0 Å². The van der Waals surface area contributed by atoms with Crippen LogP contribution < -0.4 is 5.32 Å². The van der Waals surface area contributed by atoms with Gasteiger partial charge >= 0.3 is 0 Å². The number of carbonyl (C=O) groups is 1. The van der Waals surface area contributed by atoms with Crippen LogP contribution in [0, 0.1) is 0 Å². The van der Waals surface area contributed by atoms with Crippen LogP contribution in [-0.4, -0.2) is 46.3 Å². The van der Waals surface area contributed by atoms with Gasteiger partial charge in [-0.1, -0.05) is 13.0 Å². The number of rotatable bonds is 5. The van der Waals surface area contributed by atoms with E-state index in [9.17, 15) is 4.79 Å². The molecule has 1 aromatic heterocycles. The summed E-state index contributed by atoms with van der Waals surface area (Å²) in [6.45, 7) is 9.36. The zero-order valence-corrected chi connectivity index (χ0v) is 14.2. The van der Waals surface area contributed by atoms with E-state index in [4.69, 9.17) is 0 Å². The average molecular weight is 316 g/mol. The molecular weight excluding hydrogens is 288 g/mol. The van der Waals surface area contributed by atoms with Crippen molar-refractivity contribution in [2.45, 2.75) is 58.0 Å². The van der Waals surface area contributed by atoms with E-state index in [0.717, 1.165) is 51.7 Å². The Labute approximate surface area is 138 Å². The molecule has 3 rings (SSSR count). The fourth-order valence-electron chi connectivity index (χ4n) is 3.84. The van der Waals surface area contributed by atoms with Crippen LogP contribution in [0.3, 0.4) is 0 Å². The molecule has 5 nitrogen and oxygen atoms in total. The highest BCUT2D eigenvalue weighted by Gasteiger charge is 2.31. The van der Waals surface area contributed by atoms with Crippen molar-refractivity contribution < 1.29 is 4.79 Å². The van der Waals surface area contributed by atoms with Gasteiger partial charge in [-0.3, -0.25) is 9.48 Å². The monoisotopic (exact) mass is 316 g/mol. The number of carbonyl (C=O) groups excluding carboxylic acids is 1. The van der Waals surface area contributed by atoms with Gasteiger partial charge in [0.05, 0.1) is 6.54 Å². The molecule has 0 spiro atoms. The predicted molar refractivity (Wildman–Crippen MR) is 91.7 cm³/mol. The molecule has 1 fully saturated rings. The van der Waals surface area contributed by atoms with Crippen LogP contribution in [0.2, 0.25) is 0 Å². The second-order valence-corrected chi connectivity index (χ2v) is 6.59. The first-order valence-corrected chi connectivity index (χ1v) is 8.96. The van der Waals surface area contributed by atoms with Gasteiger partial charge in [0.2, 0.25) is 0 Å². The Morgan fingerprint density at radius 3 is 2.87 bits per heavy atom. The van der Waals surface area contributed by atoms with Crippen LogP contribution in [0.4, 0.5) is 0 Å². The van der Waals surface area contributed by atoms with Crippen LogP contribution in [0.15, 0.2) is 12.7 Å². The number of hydrogen-bond donors (Lipinski definition) is 1. The Morgan fingerprint density at radius 2 is 2.17 bits per heavy atom. The Balaban J connectivity index is 1.89. The fourth-order valence-corrected chi connectivity index (χ4v) is 3.84. The lowest BCUT2D eigenvalue weighted by Crippen LogP contribution is -2.38.